The molecule has 0 amide bonds. The van der Waals surface area contributed by atoms with Crippen LogP contribution in [-0.2, 0) is 6.54 Å². The number of aromatic hydroxyl groups is 1. The van der Waals surface area contributed by atoms with E-state index < -0.39 is 11.6 Å². The van der Waals surface area contributed by atoms with Crippen LogP contribution in [0.5, 0.6) is 5.75 Å². The van der Waals surface area contributed by atoms with Crippen LogP contribution in [0.15, 0.2) is 36.4 Å². The Kier molecular flexibility index (Phi) is 3.66. The molecule has 19 heavy (non-hydrogen) atoms. The highest BCUT2D eigenvalue weighted by atomic mass is 19.1. The van der Waals surface area contributed by atoms with Gasteiger partial charge >= 0.3 is 0 Å². The topological polar surface area (TPSA) is 49.5 Å². The van der Waals surface area contributed by atoms with E-state index in [9.17, 15) is 13.9 Å². The van der Waals surface area contributed by atoms with Gasteiger partial charge in [0, 0.05) is 19.3 Å². The van der Waals surface area contributed by atoms with Crippen molar-refractivity contribution in [3.63, 3.8) is 0 Å². The van der Waals surface area contributed by atoms with Crippen LogP contribution >= 0.6 is 0 Å². The fraction of sp³-hybridized carbons (Fsp3) is 0.143. The summed E-state index contributed by atoms with van der Waals surface area (Å²) in [7, 11) is 1.55. The first-order valence-corrected chi connectivity index (χ1v) is 5.73. The van der Waals surface area contributed by atoms with E-state index in [2.05, 4.69) is 0 Å². The maximum absolute atomic E-state index is 13.9. The normalized spacial score (nSPS) is 10.5. The van der Waals surface area contributed by atoms with Gasteiger partial charge in [-0.15, -0.1) is 0 Å². The summed E-state index contributed by atoms with van der Waals surface area (Å²) in [5.74, 6) is -1.25. The number of benzene rings is 2. The van der Waals surface area contributed by atoms with Gasteiger partial charge in [-0.1, -0.05) is 0 Å². The average molecular weight is 264 g/mol. The Morgan fingerprint density at radius 1 is 1.11 bits per heavy atom. The van der Waals surface area contributed by atoms with E-state index in [1.807, 2.05) is 0 Å². The molecule has 100 valence electrons. The highest BCUT2D eigenvalue weighted by Gasteiger charge is 2.16. The Balaban J connectivity index is 2.44. The molecule has 0 bridgehead atoms. The van der Waals surface area contributed by atoms with Crippen LogP contribution in [0.3, 0.4) is 0 Å². The van der Waals surface area contributed by atoms with Crippen LogP contribution < -0.4 is 10.6 Å². The van der Waals surface area contributed by atoms with E-state index in [1.165, 1.54) is 29.2 Å². The first-order chi connectivity index (χ1) is 9.02. The summed E-state index contributed by atoms with van der Waals surface area (Å²) < 4.78 is 27.9. The van der Waals surface area contributed by atoms with Crippen molar-refractivity contribution < 1.29 is 13.9 Å². The molecule has 3 nitrogen and oxygen atoms in total. The smallest absolute Gasteiger partial charge is 0.150 e. The van der Waals surface area contributed by atoms with Crippen molar-refractivity contribution in [1.82, 2.24) is 0 Å². The first kappa shape index (κ1) is 13.3. The molecule has 5 heteroatoms. The molecule has 2 aromatic carbocycles. The summed E-state index contributed by atoms with van der Waals surface area (Å²) in [6.45, 7) is 0.0804. The van der Waals surface area contributed by atoms with Crippen LogP contribution in [0.4, 0.5) is 20.2 Å². The molecular weight excluding hydrogens is 250 g/mol. The number of hydrogen-bond acceptors (Lipinski definition) is 3. The van der Waals surface area contributed by atoms with Crippen molar-refractivity contribution in [3.05, 3.63) is 53.6 Å². The van der Waals surface area contributed by atoms with E-state index in [-0.39, 0.29) is 18.0 Å². The molecule has 3 N–H and O–H groups in total. The zero-order valence-electron chi connectivity index (χ0n) is 10.4. The third-order valence-electron chi connectivity index (χ3n) is 2.88. The number of nitrogens with two attached hydrogens (primary N) is 1. The molecule has 0 radical (unpaired) electrons. The maximum atomic E-state index is 13.9. The Hall–Kier alpha value is -2.14. The van der Waals surface area contributed by atoms with Crippen molar-refractivity contribution in [2.24, 2.45) is 5.73 Å². The lowest BCUT2D eigenvalue weighted by molar-refractivity contribution is 0.475. The second-order valence-corrected chi connectivity index (χ2v) is 4.19. The molecule has 2 rings (SSSR count). The van der Waals surface area contributed by atoms with Gasteiger partial charge in [-0.2, -0.15) is 0 Å². The zero-order chi connectivity index (χ0) is 14.0. The van der Waals surface area contributed by atoms with E-state index in [0.717, 1.165) is 0 Å². The van der Waals surface area contributed by atoms with Crippen molar-refractivity contribution in [2.75, 3.05) is 11.9 Å². The Morgan fingerprint density at radius 3 is 2.11 bits per heavy atom. The minimum absolute atomic E-state index is 0.0804. The highest BCUT2D eigenvalue weighted by molar-refractivity contribution is 5.64. The first-order valence-electron chi connectivity index (χ1n) is 5.73. The number of halogens is 2. The third-order valence-corrected chi connectivity index (χ3v) is 2.88. The number of hydrogen-bond donors (Lipinski definition) is 2. The highest BCUT2D eigenvalue weighted by Crippen LogP contribution is 2.30. The second-order valence-electron chi connectivity index (χ2n) is 4.19. The van der Waals surface area contributed by atoms with Gasteiger partial charge in [-0.05, 0) is 42.0 Å². The van der Waals surface area contributed by atoms with Crippen molar-refractivity contribution in [3.8, 4) is 5.75 Å². The van der Waals surface area contributed by atoms with E-state index >= 15 is 0 Å². The zero-order valence-corrected chi connectivity index (χ0v) is 10.4. The van der Waals surface area contributed by atoms with Crippen molar-refractivity contribution in [2.45, 2.75) is 6.54 Å². The summed E-state index contributed by atoms with van der Waals surface area (Å²) in [6, 6.07) is 8.49. The van der Waals surface area contributed by atoms with Crippen LogP contribution in [0.1, 0.15) is 5.56 Å². The van der Waals surface area contributed by atoms with Crippen molar-refractivity contribution >= 4 is 11.4 Å². The molecule has 0 aromatic heterocycles. The summed E-state index contributed by atoms with van der Waals surface area (Å²) in [4.78, 5) is 1.38. The lowest BCUT2D eigenvalue weighted by atomic mass is 10.1. The molecule has 0 saturated carbocycles. The van der Waals surface area contributed by atoms with Gasteiger partial charge in [0.15, 0.2) is 0 Å². The van der Waals surface area contributed by atoms with Crippen LogP contribution in [0.25, 0.3) is 0 Å². The monoisotopic (exact) mass is 264 g/mol. The molecule has 0 atom stereocenters. The standard InChI is InChI=1S/C14H14F2N2O/c1-18(10-2-4-11(19)5-3-10)14-12(15)6-9(8-17)7-13(14)16/h2-7,19H,8,17H2,1H3. The summed E-state index contributed by atoms with van der Waals surface area (Å²) in [5, 5.41) is 9.21. The van der Waals surface area contributed by atoms with E-state index in [0.29, 0.717) is 11.3 Å². The maximum Gasteiger partial charge on any atom is 0.150 e. The van der Waals surface area contributed by atoms with Crippen LogP contribution in [0, 0.1) is 11.6 Å². The average Bonchev–Trinajstić information content (AvgIpc) is 2.38. The van der Waals surface area contributed by atoms with Gasteiger partial charge in [0.25, 0.3) is 0 Å². The van der Waals surface area contributed by atoms with Gasteiger partial charge in [0.1, 0.15) is 23.1 Å². The van der Waals surface area contributed by atoms with Crippen molar-refractivity contribution in [1.29, 1.82) is 0 Å². The largest absolute Gasteiger partial charge is 0.508 e. The summed E-state index contributed by atoms with van der Waals surface area (Å²) >= 11 is 0. The number of rotatable bonds is 3. The molecule has 0 aliphatic rings. The SMILES string of the molecule is CN(c1ccc(O)cc1)c1c(F)cc(CN)cc1F. The van der Waals surface area contributed by atoms with Gasteiger partial charge in [-0.3, -0.25) is 0 Å². The predicted octanol–water partition coefficient (Wildman–Crippen LogP) is 2.90. The number of anilines is 2. The molecule has 0 aliphatic heterocycles. The number of nitrogens with zero attached hydrogens (tertiary/aromatic N) is 1. The number of phenolic OH excluding ortho intramolecular Hbond substituents is 1. The van der Waals surface area contributed by atoms with Gasteiger partial charge in [0.05, 0.1) is 0 Å². The second kappa shape index (κ2) is 5.24. The Labute approximate surface area is 109 Å². The fourth-order valence-electron chi connectivity index (χ4n) is 1.86. The third kappa shape index (κ3) is 2.66. The van der Waals surface area contributed by atoms with Gasteiger partial charge in [0.2, 0.25) is 0 Å². The lowest BCUT2D eigenvalue weighted by Crippen LogP contribution is -2.14. The molecule has 2 aromatic rings. The predicted molar refractivity (Wildman–Crippen MR) is 70.4 cm³/mol. The fourth-order valence-corrected chi connectivity index (χ4v) is 1.86. The molecule has 0 spiro atoms. The van der Waals surface area contributed by atoms with Gasteiger partial charge < -0.3 is 15.7 Å². The summed E-state index contributed by atoms with van der Waals surface area (Å²) in [6.07, 6.45) is 0. The van der Waals surface area contributed by atoms with Crippen LogP contribution in [-0.4, -0.2) is 12.2 Å². The van der Waals surface area contributed by atoms with E-state index in [1.54, 1.807) is 19.2 Å². The molecule has 0 aliphatic carbocycles. The van der Waals surface area contributed by atoms with Gasteiger partial charge in [-0.25, -0.2) is 8.78 Å². The Bertz CT molecular complexity index is 561. The molecule has 0 heterocycles. The van der Waals surface area contributed by atoms with E-state index in [4.69, 9.17) is 5.73 Å². The quantitative estimate of drug-likeness (QED) is 0.896. The van der Waals surface area contributed by atoms with Crippen LogP contribution in [0.2, 0.25) is 0 Å². The lowest BCUT2D eigenvalue weighted by Gasteiger charge is -2.21. The molecule has 0 fully saturated rings. The molecule has 0 unspecified atom stereocenters. The molecular formula is C14H14F2N2O. The minimum Gasteiger partial charge on any atom is -0.508 e. The summed E-state index contributed by atoms with van der Waals surface area (Å²) in [5.41, 5.74) is 6.18. The number of phenols is 1. The Morgan fingerprint density at radius 2 is 1.63 bits per heavy atom. The minimum atomic E-state index is -0.670. The molecule has 0 saturated heterocycles.